The van der Waals surface area contributed by atoms with Crippen molar-refractivity contribution in [1.29, 1.82) is 0 Å². The molecule has 2 aromatic rings. The van der Waals surface area contributed by atoms with Crippen molar-refractivity contribution in [2.75, 3.05) is 24.5 Å². The molecule has 0 aliphatic carbocycles. The predicted octanol–water partition coefficient (Wildman–Crippen LogP) is 1.96. The fraction of sp³-hybridized carbons (Fsp3) is 0.471. The number of nitrogens with one attached hydrogen (secondary N) is 2. The highest BCUT2D eigenvalue weighted by Gasteiger charge is 2.43. The molecule has 4 rings (SSSR count). The molecule has 2 N–H and O–H groups in total. The lowest BCUT2D eigenvalue weighted by Crippen LogP contribution is -2.36. The van der Waals surface area contributed by atoms with Crippen molar-refractivity contribution in [3.63, 3.8) is 0 Å². The van der Waals surface area contributed by atoms with Gasteiger partial charge in [-0.2, -0.15) is 0 Å². The van der Waals surface area contributed by atoms with Crippen LogP contribution in [0, 0.1) is 11.8 Å². The predicted molar refractivity (Wildman–Crippen MR) is 85.8 cm³/mol. The van der Waals surface area contributed by atoms with Gasteiger partial charge in [0.15, 0.2) is 0 Å². The van der Waals surface area contributed by atoms with Gasteiger partial charge in [-0.1, -0.05) is 25.1 Å². The monoisotopic (exact) mass is 283 g/mol. The van der Waals surface area contributed by atoms with E-state index in [1.165, 1.54) is 0 Å². The maximum atomic E-state index is 12.3. The van der Waals surface area contributed by atoms with E-state index >= 15 is 0 Å². The van der Waals surface area contributed by atoms with Gasteiger partial charge >= 0.3 is 0 Å². The SMILES string of the molecule is CCC1C2CNCC2CN1c1cc2ccccc2c(=O)[nH]1. The minimum Gasteiger partial charge on any atom is -0.354 e. The normalized spacial score (nSPS) is 28.2. The number of fused-ring (bicyclic) bond motifs is 2. The van der Waals surface area contributed by atoms with Crippen molar-refractivity contribution < 1.29 is 0 Å². The lowest BCUT2D eigenvalue weighted by Gasteiger charge is -2.28. The van der Waals surface area contributed by atoms with Crippen molar-refractivity contribution in [1.82, 2.24) is 10.3 Å². The minimum absolute atomic E-state index is 0.0214. The molecule has 4 heteroatoms. The minimum atomic E-state index is 0.0214. The lowest BCUT2D eigenvalue weighted by molar-refractivity contribution is 0.441. The van der Waals surface area contributed by atoms with Crippen LogP contribution in [0.1, 0.15) is 13.3 Å². The Morgan fingerprint density at radius 1 is 1.29 bits per heavy atom. The summed E-state index contributed by atoms with van der Waals surface area (Å²) in [4.78, 5) is 17.8. The van der Waals surface area contributed by atoms with Crippen LogP contribution in [0.2, 0.25) is 0 Å². The number of hydrogen-bond acceptors (Lipinski definition) is 3. The van der Waals surface area contributed by atoms with Crippen LogP contribution in [0.4, 0.5) is 5.82 Å². The largest absolute Gasteiger partial charge is 0.354 e. The van der Waals surface area contributed by atoms with E-state index in [0.29, 0.717) is 17.9 Å². The standard InChI is InChI=1S/C17H21N3O/c1-2-15-14-9-18-8-12(14)10-20(15)16-7-11-5-3-4-6-13(11)17(21)19-16/h3-7,12,14-15,18H,2,8-10H2,1H3,(H,19,21). The third-order valence-corrected chi connectivity index (χ3v) is 5.18. The molecule has 3 unspecified atom stereocenters. The van der Waals surface area contributed by atoms with E-state index in [2.05, 4.69) is 28.2 Å². The van der Waals surface area contributed by atoms with Gasteiger partial charge in [0.1, 0.15) is 5.82 Å². The first-order valence-corrected chi connectivity index (χ1v) is 7.87. The Balaban J connectivity index is 1.78. The van der Waals surface area contributed by atoms with E-state index in [9.17, 15) is 4.79 Å². The fourth-order valence-electron chi connectivity index (χ4n) is 4.17. The molecular weight excluding hydrogens is 262 g/mol. The molecule has 0 radical (unpaired) electrons. The molecule has 1 aromatic carbocycles. The van der Waals surface area contributed by atoms with Gasteiger partial charge in [-0.25, -0.2) is 0 Å². The highest BCUT2D eigenvalue weighted by molar-refractivity contribution is 5.83. The van der Waals surface area contributed by atoms with Crippen LogP contribution in [-0.4, -0.2) is 30.7 Å². The van der Waals surface area contributed by atoms with Crippen LogP contribution in [0.5, 0.6) is 0 Å². The number of aromatic nitrogens is 1. The Morgan fingerprint density at radius 2 is 2.14 bits per heavy atom. The Kier molecular flexibility index (Phi) is 3.00. The van der Waals surface area contributed by atoms with Crippen molar-refractivity contribution in [3.05, 3.63) is 40.7 Å². The van der Waals surface area contributed by atoms with Crippen LogP contribution >= 0.6 is 0 Å². The number of anilines is 1. The summed E-state index contributed by atoms with van der Waals surface area (Å²) in [6.45, 7) is 5.51. The number of aromatic amines is 1. The van der Waals surface area contributed by atoms with Crippen LogP contribution < -0.4 is 15.8 Å². The molecule has 2 fully saturated rings. The number of benzene rings is 1. The van der Waals surface area contributed by atoms with Gasteiger partial charge in [-0.15, -0.1) is 0 Å². The van der Waals surface area contributed by atoms with Crippen molar-refractivity contribution in [3.8, 4) is 0 Å². The number of pyridine rings is 1. The van der Waals surface area contributed by atoms with E-state index in [1.54, 1.807) is 0 Å². The lowest BCUT2D eigenvalue weighted by atomic mass is 9.93. The molecule has 4 nitrogen and oxygen atoms in total. The highest BCUT2D eigenvalue weighted by atomic mass is 16.1. The molecule has 0 amide bonds. The van der Waals surface area contributed by atoms with E-state index in [0.717, 1.165) is 42.6 Å². The topological polar surface area (TPSA) is 48.1 Å². The second-order valence-electron chi connectivity index (χ2n) is 6.28. The number of hydrogen-bond donors (Lipinski definition) is 2. The summed E-state index contributed by atoms with van der Waals surface area (Å²) in [5.74, 6) is 2.41. The second-order valence-corrected chi connectivity index (χ2v) is 6.28. The first kappa shape index (κ1) is 12.9. The molecule has 2 saturated heterocycles. The third kappa shape index (κ3) is 1.97. The van der Waals surface area contributed by atoms with Crippen molar-refractivity contribution >= 4 is 16.6 Å². The molecule has 2 aliphatic heterocycles. The van der Waals surface area contributed by atoms with Gasteiger partial charge in [0.25, 0.3) is 5.56 Å². The molecule has 3 atom stereocenters. The van der Waals surface area contributed by atoms with Gasteiger partial charge in [-0.05, 0) is 35.8 Å². The van der Waals surface area contributed by atoms with Crippen molar-refractivity contribution in [2.45, 2.75) is 19.4 Å². The highest BCUT2D eigenvalue weighted by Crippen LogP contribution is 2.36. The summed E-state index contributed by atoms with van der Waals surface area (Å²) < 4.78 is 0. The average Bonchev–Trinajstić information content (AvgIpc) is 3.07. The van der Waals surface area contributed by atoms with Gasteiger partial charge < -0.3 is 15.2 Å². The molecule has 1 aromatic heterocycles. The maximum absolute atomic E-state index is 12.3. The van der Waals surface area contributed by atoms with E-state index < -0.39 is 0 Å². The Labute approximate surface area is 124 Å². The van der Waals surface area contributed by atoms with Crippen LogP contribution in [-0.2, 0) is 0 Å². The third-order valence-electron chi connectivity index (χ3n) is 5.18. The van der Waals surface area contributed by atoms with Crippen LogP contribution in [0.3, 0.4) is 0 Å². The summed E-state index contributed by atoms with van der Waals surface area (Å²) in [6, 6.07) is 10.5. The van der Waals surface area contributed by atoms with Crippen LogP contribution in [0.15, 0.2) is 35.1 Å². The van der Waals surface area contributed by atoms with Gasteiger partial charge in [0.05, 0.1) is 0 Å². The van der Waals surface area contributed by atoms with Gasteiger partial charge in [-0.3, -0.25) is 4.79 Å². The molecule has 0 saturated carbocycles. The molecule has 0 bridgehead atoms. The molecular formula is C17H21N3O. The fourth-order valence-corrected chi connectivity index (χ4v) is 4.17. The first-order valence-electron chi connectivity index (χ1n) is 7.87. The Morgan fingerprint density at radius 3 is 3.00 bits per heavy atom. The van der Waals surface area contributed by atoms with Crippen molar-refractivity contribution in [2.24, 2.45) is 11.8 Å². The summed E-state index contributed by atoms with van der Waals surface area (Å²) in [7, 11) is 0. The van der Waals surface area contributed by atoms with E-state index in [1.807, 2.05) is 24.3 Å². The Bertz CT molecular complexity index is 723. The summed E-state index contributed by atoms with van der Waals surface area (Å²) >= 11 is 0. The zero-order valence-electron chi connectivity index (χ0n) is 12.3. The van der Waals surface area contributed by atoms with E-state index in [4.69, 9.17) is 0 Å². The first-order chi connectivity index (χ1) is 10.3. The zero-order valence-corrected chi connectivity index (χ0v) is 12.3. The maximum Gasteiger partial charge on any atom is 0.257 e. The number of rotatable bonds is 2. The average molecular weight is 283 g/mol. The molecule has 2 aliphatic rings. The van der Waals surface area contributed by atoms with Crippen LogP contribution in [0.25, 0.3) is 10.8 Å². The zero-order chi connectivity index (χ0) is 14.4. The molecule has 3 heterocycles. The summed E-state index contributed by atoms with van der Waals surface area (Å²) in [5, 5.41) is 5.31. The summed E-state index contributed by atoms with van der Waals surface area (Å²) in [5.41, 5.74) is 0.0214. The summed E-state index contributed by atoms with van der Waals surface area (Å²) in [6.07, 6.45) is 1.12. The Hall–Kier alpha value is -1.81. The molecule has 21 heavy (non-hydrogen) atoms. The number of nitrogens with zero attached hydrogens (tertiary/aromatic N) is 1. The smallest absolute Gasteiger partial charge is 0.257 e. The van der Waals surface area contributed by atoms with E-state index in [-0.39, 0.29) is 5.56 Å². The number of H-pyrrole nitrogens is 1. The second kappa shape index (κ2) is 4.88. The molecule has 110 valence electrons. The van der Waals surface area contributed by atoms with Gasteiger partial charge in [0.2, 0.25) is 0 Å². The molecule has 0 spiro atoms. The van der Waals surface area contributed by atoms with Gasteiger partial charge in [0, 0.05) is 31.1 Å². The quantitative estimate of drug-likeness (QED) is 0.886.